The van der Waals surface area contributed by atoms with Gasteiger partial charge in [-0.15, -0.1) is 9.42 Å². The number of amides is 1. The van der Waals surface area contributed by atoms with Gasteiger partial charge in [-0.05, 0) is 40.4 Å². The summed E-state index contributed by atoms with van der Waals surface area (Å²) in [4.78, 5) is 67.7. The van der Waals surface area contributed by atoms with Crippen molar-refractivity contribution in [3.63, 3.8) is 0 Å². The number of aromatic amines is 1. The summed E-state index contributed by atoms with van der Waals surface area (Å²) in [5.41, 5.74) is -1.85. The molecule has 5 N–H and O–H groups in total. The van der Waals surface area contributed by atoms with Crippen molar-refractivity contribution in [2.75, 3.05) is 25.1 Å². The molecule has 2 fully saturated rings. The van der Waals surface area contributed by atoms with Crippen LogP contribution in [0.4, 0.5) is 5.95 Å². The zero-order valence-corrected chi connectivity index (χ0v) is 43.4. The van der Waals surface area contributed by atoms with Crippen molar-refractivity contribution in [1.29, 1.82) is 5.26 Å². The van der Waals surface area contributed by atoms with Gasteiger partial charge in [0.2, 0.25) is 17.7 Å². The second-order valence-corrected chi connectivity index (χ2v) is 30.1. The molecule has 0 bridgehead atoms. The van der Waals surface area contributed by atoms with Crippen molar-refractivity contribution in [3.05, 3.63) is 35.3 Å². The number of ether oxygens (including phenoxy) is 2. The summed E-state index contributed by atoms with van der Waals surface area (Å²) < 4.78 is 65.3. The van der Waals surface area contributed by atoms with Crippen LogP contribution in [0.5, 0.6) is 5.88 Å². The molecule has 3 aromatic heterocycles. The number of imidazole rings is 1. The van der Waals surface area contributed by atoms with E-state index in [1.807, 2.05) is 61.5 Å². The lowest BCUT2D eigenvalue weighted by Crippen LogP contribution is -2.62. The van der Waals surface area contributed by atoms with Gasteiger partial charge < -0.3 is 37.0 Å². The number of aromatic nitrogens is 6. The minimum absolute atomic E-state index is 0.0268. The van der Waals surface area contributed by atoms with Crippen LogP contribution in [-0.2, 0) is 52.5 Å². The molecule has 0 radical (unpaired) electrons. The van der Waals surface area contributed by atoms with E-state index in [0.29, 0.717) is 5.88 Å². The van der Waals surface area contributed by atoms with Gasteiger partial charge in [-0.1, -0.05) is 69.2 Å². The Hall–Kier alpha value is -3.03. The highest BCUT2D eigenvalue weighted by Gasteiger charge is 2.60. The lowest BCUT2D eigenvalue weighted by atomic mass is 10.1. The average Bonchev–Trinajstić information content (AvgIpc) is 3.94. The number of anilines is 1. The number of rotatable bonds is 24. The number of aliphatic hydroxyl groups is 1. The summed E-state index contributed by atoms with van der Waals surface area (Å²) in [6.07, 6.45) is -1.88. The number of carbonyl (C=O) groups excluding carboxylic acids is 1. The summed E-state index contributed by atoms with van der Waals surface area (Å²) >= 11 is 6.14. The SMILES string of the molecule is CC(C)C(=O)Nc1nc2c(ncn2[C@@H]2O[C@H](CO)[C@@H](O[Si](O[Si](O)(C(C)C)C(C)C)(C(C)C)C(C)C)[C@H]2O[P@@](=S)(OCCC#N)OC[C@H]2C[C@@H](Oc3ccncn3)C[C@@H]2O[P+](=O)O)c(=O)[nH]1. The van der Waals surface area contributed by atoms with E-state index in [1.165, 1.54) is 23.4 Å². The molecule has 3 aromatic rings. The van der Waals surface area contributed by atoms with Gasteiger partial charge >= 0.3 is 32.1 Å². The zero-order chi connectivity index (χ0) is 48.7. The molecule has 66 heavy (non-hydrogen) atoms. The molecule has 1 saturated carbocycles. The van der Waals surface area contributed by atoms with Crippen LogP contribution < -0.4 is 15.6 Å². The highest BCUT2D eigenvalue weighted by Crippen LogP contribution is 2.56. The van der Waals surface area contributed by atoms with E-state index >= 15 is 0 Å². The Kier molecular flexibility index (Phi) is 18.8. The summed E-state index contributed by atoms with van der Waals surface area (Å²) in [5.74, 6) is -1.31. The molecule has 2 aliphatic rings. The summed E-state index contributed by atoms with van der Waals surface area (Å²) in [5, 5.41) is 23.2. The lowest BCUT2D eigenvalue weighted by Gasteiger charge is -2.47. The van der Waals surface area contributed by atoms with E-state index in [1.54, 1.807) is 19.9 Å². The monoisotopic (exact) mass is 1020 g/mol. The maximum Gasteiger partial charge on any atom is 0.695 e. The highest BCUT2D eigenvalue weighted by molar-refractivity contribution is 8.07. The van der Waals surface area contributed by atoms with Gasteiger partial charge in [-0.25, -0.2) is 15.0 Å². The Balaban J connectivity index is 1.62. The third-order valence-electron chi connectivity index (χ3n) is 11.7. The smallest absolute Gasteiger partial charge is 0.474 e. The van der Waals surface area contributed by atoms with Gasteiger partial charge in [0.05, 0.1) is 38.6 Å². The van der Waals surface area contributed by atoms with E-state index in [2.05, 4.69) is 30.2 Å². The molecule has 1 unspecified atom stereocenters. The van der Waals surface area contributed by atoms with Crippen molar-refractivity contribution >= 4 is 66.9 Å². The van der Waals surface area contributed by atoms with Gasteiger partial charge in [0.15, 0.2) is 17.4 Å². The van der Waals surface area contributed by atoms with Gasteiger partial charge in [-0.3, -0.25) is 29.0 Å². The van der Waals surface area contributed by atoms with Crippen LogP contribution in [-0.4, -0.2) is 118 Å². The first-order valence-electron chi connectivity index (χ1n) is 21.9. The second-order valence-electron chi connectivity index (χ2n) is 17.9. The maximum absolute atomic E-state index is 13.4. The first kappa shape index (κ1) is 53.9. The van der Waals surface area contributed by atoms with Crippen molar-refractivity contribution in [1.82, 2.24) is 29.5 Å². The molecule has 0 aromatic carbocycles. The number of nitriles is 1. The Morgan fingerprint density at radius 3 is 2.36 bits per heavy atom. The van der Waals surface area contributed by atoms with E-state index in [-0.39, 0.29) is 71.8 Å². The van der Waals surface area contributed by atoms with E-state index < -0.39 is 98.8 Å². The number of nitrogens with zero attached hydrogens (tertiary/aromatic N) is 6. The molecule has 1 saturated heterocycles. The van der Waals surface area contributed by atoms with Crippen LogP contribution in [0.2, 0.25) is 22.2 Å². The fourth-order valence-electron chi connectivity index (χ4n) is 8.05. The molecule has 366 valence electrons. The minimum Gasteiger partial charge on any atom is -0.474 e. The van der Waals surface area contributed by atoms with Crippen molar-refractivity contribution in [3.8, 4) is 11.9 Å². The van der Waals surface area contributed by atoms with Gasteiger partial charge in [0.1, 0.15) is 36.8 Å². The van der Waals surface area contributed by atoms with Gasteiger partial charge in [0.25, 0.3) is 5.56 Å². The Labute approximate surface area is 392 Å². The molecular formula is C39H63N8O14P2SSi2+. The number of aliphatic hydroxyl groups excluding tert-OH is 1. The largest absolute Gasteiger partial charge is 0.695 e. The summed E-state index contributed by atoms with van der Waals surface area (Å²) in [7, 11) is -10.2. The van der Waals surface area contributed by atoms with Gasteiger partial charge in [0, 0.05) is 35.1 Å². The third-order valence-corrected chi connectivity index (χ3v) is 24.2. The Bertz CT molecular complexity index is 2260. The van der Waals surface area contributed by atoms with E-state index in [4.69, 9.17) is 47.9 Å². The topological polar surface area (TPSA) is 294 Å². The number of nitrogens with one attached hydrogen (secondary N) is 2. The van der Waals surface area contributed by atoms with Crippen LogP contribution in [0.25, 0.3) is 11.2 Å². The molecule has 1 amide bonds. The number of carbonyl (C=O) groups is 1. The number of fused-ring (bicyclic) bond motifs is 1. The molecule has 9 atom stereocenters. The fourth-order valence-corrected chi connectivity index (χ4v) is 20.6. The van der Waals surface area contributed by atoms with Crippen LogP contribution >= 0.6 is 15.0 Å². The Morgan fingerprint density at radius 2 is 1.79 bits per heavy atom. The molecule has 1 aliphatic carbocycles. The van der Waals surface area contributed by atoms with Crippen molar-refractivity contribution in [2.45, 2.75) is 147 Å². The van der Waals surface area contributed by atoms with Gasteiger partial charge in [-0.2, -0.15) is 10.2 Å². The Morgan fingerprint density at radius 1 is 1.09 bits per heavy atom. The van der Waals surface area contributed by atoms with Crippen LogP contribution in [0.15, 0.2) is 29.7 Å². The number of hydrogen-bond donors (Lipinski definition) is 5. The quantitative estimate of drug-likeness (QED) is 0.0405. The fraction of sp³-hybridized carbons (Fsp3) is 0.718. The van der Waals surface area contributed by atoms with Crippen LogP contribution in [0.1, 0.15) is 94.7 Å². The molecule has 27 heteroatoms. The molecule has 5 rings (SSSR count). The van der Waals surface area contributed by atoms with Crippen LogP contribution in [0.3, 0.4) is 0 Å². The first-order chi connectivity index (χ1) is 31.1. The molecule has 4 heterocycles. The number of hydrogen-bond acceptors (Lipinski definition) is 19. The third kappa shape index (κ3) is 12.6. The number of H-pyrrole nitrogens is 1. The summed E-state index contributed by atoms with van der Waals surface area (Å²) in [6.45, 7) is 13.7. The normalized spacial score (nSPS) is 23.9. The molecule has 22 nitrogen and oxygen atoms in total. The first-order valence-corrected chi connectivity index (χ1v) is 29.6. The lowest BCUT2D eigenvalue weighted by molar-refractivity contribution is -0.118. The highest BCUT2D eigenvalue weighted by atomic mass is 32.5. The predicted molar refractivity (Wildman–Crippen MR) is 248 cm³/mol. The maximum atomic E-state index is 13.4. The van der Waals surface area contributed by atoms with Crippen molar-refractivity contribution < 1.29 is 60.3 Å². The standard InChI is InChI=1S/C39H62N8O14P2SSi2/c1-22(2)36(49)45-39-44-35-32(37(50)46-39)43-21-47(35)38-34(33(30(18-48)57-38)60-66(25(7)8,26(9)10)61-65(53,23(3)4)24(5)6)59-63(64,54-15-11-13-40)55-19-27-16-28(17-29(27)58-62(51)52)56-31-12-14-41-20-42-31/h12,14,20-30,33-34,38,48,53H,11,15-19H2,1-10H3,(H2-,44,45,46,49,50,51,52)/p+1/t27-,28-,29+,30-,33-,34-,38-,63-/m1/s1. The average molecular weight is 1020 g/mol. The summed E-state index contributed by atoms with van der Waals surface area (Å²) in [6, 6.07) is 3.60. The molecule has 1 aliphatic heterocycles. The molecular weight excluding hydrogens is 955 g/mol. The minimum atomic E-state index is -4.06. The van der Waals surface area contributed by atoms with Crippen molar-refractivity contribution in [2.24, 2.45) is 11.8 Å². The second kappa shape index (κ2) is 23.1. The molecule has 0 spiro atoms. The van der Waals surface area contributed by atoms with E-state index in [0.717, 1.165) is 0 Å². The van der Waals surface area contributed by atoms with Crippen LogP contribution in [0, 0.1) is 23.2 Å². The predicted octanol–water partition coefficient (Wildman–Crippen LogP) is 5.76. The van der Waals surface area contributed by atoms with E-state index in [9.17, 15) is 34.2 Å². The zero-order valence-electron chi connectivity index (χ0n) is 38.8.